The largest absolute Gasteiger partial charge is 0.449 e. The normalized spacial score (nSPS) is 12.1. The summed E-state index contributed by atoms with van der Waals surface area (Å²) in [5.41, 5.74) is 1.65. The van der Waals surface area contributed by atoms with Gasteiger partial charge in [-0.1, -0.05) is 23.7 Å². The lowest BCUT2D eigenvalue weighted by Gasteiger charge is -2.09. The SMILES string of the molecule is Cc1nnc([C@H](C)OC(=O)c2cn[nH]c2-c2ccc(Cl)cc2)o1. The van der Waals surface area contributed by atoms with Gasteiger partial charge in [-0.3, -0.25) is 5.10 Å². The predicted molar refractivity (Wildman–Crippen MR) is 81.9 cm³/mol. The number of aryl methyl sites for hydroxylation is 1. The molecule has 0 amide bonds. The van der Waals surface area contributed by atoms with E-state index in [1.807, 2.05) is 0 Å². The number of aromatic nitrogens is 4. The summed E-state index contributed by atoms with van der Waals surface area (Å²) in [5, 5.41) is 14.9. The van der Waals surface area contributed by atoms with Crippen molar-refractivity contribution in [2.24, 2.45) is 0 Å². The van der Waals surface area contributed by atoms with Crippen LogP contribution in [0.25, 0.3) is 11.3 Å². The van der Waals surface area contributed by atoms with Crippen molar-refractivity contribution in [1.82, 2.24) is 20.4 Å². The first-order valence-corrected chi connectivity index (χ1v) is 7.22. The molecule has 0 aliphatic heterocycles. The summed E-state index contributed by atoms with van der Waals surface area (Å²) >= 11 is 5.87. The number of hydrogen-bond donors (Lipinski definition) is 1. The van der Waals surface area contributed by atoms with Crippen LogP contribution >= 0.6 is 11.6 Å². The molecule has 118 valence electrons. The molecule has 2 aromatic heterocycles. The van der Waals surface area contributed by atoms with E-state index in [1.54, 1.807) is 38.1 Å². The second kappa shape index (κ2) is 6.21. The maximum Gasteiger partial charge on any atom is 0.342 e. The molecule has 0 saturated carbocycles. The minimum atomic E-state index is -0.656. The molecule has 3 aromatic rings. The first-order valence-electron chi connectivity index (χ1n) is 6.85. The third-order valence-corrected chi connectivity index (χ3v) is 3.42. The molecule has 23 heavy (non-hydrogen) atoms. The van der Waals surface area contributed by atoms with Crippen LogP contribution in [0.2, 0.25) is 5.02 Å². The standard InChI is InChI=1S/C15H13ClN4O3/c1-8(14-20-18-9(2)23-14)22-15(21)12-7-17-19-13(12)10-3-5-11(16)6-4-10/h3-8H,1-2H3,(H,17,19)/t8-/m0/s1. The van der Waals surface area contributed by atoms with E-state index in [4.69, 9.17) is 20.8 Å². The van der Waals surface area contributed by atoms with Crippen molar-refractivity contribution in [1.29, 1.82) is 0 Å². The second-order valence-corrected chi connectivity index (χ2v) is 5.31. The summed E-state index contributed by atoms with van der Waals surface area (Å²) in [6.45, 7) is 3.33. The Balaban J connectivity index is 1.81. The molecule has 7 nitrogen and oxygen atoms in total. The molecule has 3 rings (SSSR count). The van der Waals surface area contributed by atoms with E-state index in [1.165, 1.54) is 6.20 Å². The monoisotopic (exact) mass is 332 g/mol. The number of nitrogens with zero attached hydrogens (tertiary/aromatic N) is 3. The lowest BCUT2D eigenvalue weighted by Crippen LogP contribution is -2.10. The third kappa shape index (κ3) is 3.24. The van der Waals surface area contributed by atoms with E-state index in [0.29, 0.717) is 22.2 Å². The number of nitrogens with one attached hydrogen (secondary N) is 1. The Labute approximate surface area is 136 Å². The van der Waals surface area contributed by atoms with Crippen LogP contribution < -0.4 is 0 Å². The first kappa shape index (κ1) is 15.2. The molecule has 2 heterocycles. The summed E-state index contributed by atoms with van der Waals surface area (Å²) in [6.07, 6.45) is 0.759. The van der Waals surface area contributed by atoms with E-state index >= 15 is 0 Å². The summed E-state index contributed by atoms with van der Waals surface area (Å²) < 4.78 is 10.6. The summed E-state index contributed by atoms with van der Waals surface area (Å²) in [7, 11) is 0. The number of esters is 1. The van der Waals surface area contributed by atoms with Crippen molar-refractivity contribution in [2.75, 3.05) is 0 Å². The minimum absolute atomic E-state index is 0.243. The maximum absolute atomic E-state index is 12.4. The van der Waals surface area contributed by atoms with Crippen molar-refractivity contribution >= 4 is 17.6 Å². The van der Waals surface area contributed by atoms with Crippen LogP contribution in [-0.4, -0.2) is 26.4 Å². The number of hydrogen-bond acceptors (Lipinski definition) is 6. The molecule has 1 N–H and O–H groups in total. The predicted octanol–water partition coefficient (Wildman–Crippen LogP) is 3.34. The highest BCUT2D eigenvalue weighted by Crippen LogP contribution is 2.25. The highest BCUT2D eigenvalue weighted by atomic mass is 35.5. The zero-order valence-corrected chi connectivity index (χ0v) is 13.2. The van der Waals surface area contributed by atoms with Gasteiger partial charge in [0.05, 0.1) is 11.9 Å². The Bertz CT molecular complexity index is 825. The van der Waals surface area contributed by atoms with Crippen LogP contribution in [0.15, 0.2) is 34.9 Å². The van der Waals surface area contributed by atoms with Crippen molar-refractivity contribution in [3.63, 3.8) is 0 Å². The Morgan fingerprint density at radius 1 is 1.30 bits per heavy atom. The number of rotatable bonds is 4. The van der Waals surface area contributed by atoms with Gasteiger partial charge in [-0.05, 0) is 19.1 Å². The molecule has 0 unspecified atom stereocenters. The van der Waals surface area contributed by atoms with Crippen LogP contribution in [0.3, 0.4) is 0 Å². The van der Waals surface area contributed by atoms with E-state index in [9.17, 15) is 4.79 Å². The lowest BCUT2D eigenvalue weighted by atomic mass is 10.1. The van der Waals surface area contributed by atoms with Crippen molar-refractivity contribution < 1.29 is 13.9 Å². The van der Waals surface area contributed by atoms with E-state index in [0.717, 1.165) is 5.56 Å². The van der Waals surface area contributed by atoms with Crippen molar-refractivity contribution in [3.05, 3.63) is 52.8 Å². The highest BCUT2D eigenvalue weighted by molar-refractivity contribution is 6.30. The van der Waals surface area contributed by atoms with Crippen molar-refractivity contribution in [3.8, 4) is 11.3 Å². The van der Waals surface area contributed by atoms with Crippen LogP contribution in [0, 0.1) is 6.92 Å². The molecule has 1 atom stereocenters. The number of carbonyl (C=O) groups excluding carboxylic acids is 1. The molecular weight excluding hydrogens is 320 g/mol. The number of halogens is 1. The minimum Gasteiger partial charge on any atom is -0.449 e. The number of ether oxygens (including phenoxy) is 1. The fourth-order valence-electron chi connectivity index (χ4n) is 2.03. The Hall–Kier alpha value is -2.67. The zero-order valence-electron chi connectivity index (χ0n) is 12.4. The molecule has 0 spiro atoms. The van der Waals surface area contributed by atoms with Gasteiger partial charge < -0.3 is 9.15 Å². The number of benzene rings is 1. The molecule has 0 aliphatic carbocycles. The van der Waals surface area contributed by atoms with E-state index < -0.39 is 12.1 Å². The number of carbonyl (C=O) groups is 1. The van der Waals surface area contributed by atoms with E-state index in [2.05, 4.69) is 20.4 Å². The van der Waals surface area contributed by atoms with Crippen LogP contribution in [0.1, 0.15) is 35.2 Å². The van der Waals surface area contributed by atoms with Crippen LogP contribution in [0.4, 0.5) is 0 Å². The summed E-state index contributed by atoms with van der Waals surface area (Å²) in [5.74, 6) is 0.118. The van der Waals surface area contributed by atoms with Crippen LogP contribution in [-0.2, 0) is 4.74 Å². The number of aromatic amines is 1. The first-order chi connectivity index (χ1) is 11.0. The van der Waals surface area contributed by atoms with Gasteiger partial charge in [0.25, 0.3) is 5.89 Å². The topological polar surface area (TPSA) is 93.9 Å². The Morgan fingerprint density at radius 3 is 2.70 bits per heavy atom. The van der Waals surface area contributed by atoms with Gasteiger partial charge in [0.2, 0.25) is 5.89 Å². The van der Waals surface area contributed by atoms with E-state index in [-0.39, 0.29) is 5.89 Å². The fraction of sp³-hybridized carbons (Fsp3) is 0.200. The summed E-state index contributed by atoms with van der Waals surface area (Å²) in [6, 6.07) is 7.04. The molecule has 0 radical (unpaired) electrons. The molecule has 1 aromatic carbocycles. The van der Waals surface area contributed by atoms with Gasteiger partial charge in [0, 0.05) is 17.5 Å². The molecule has 0 aliphatic rings. The van der Waals surface area contributed by atoms with Gasteiger partial charge in [-0.15, -0.1) is 10.2 Å². The Kier molecular flexibility index (Phi) is 4.12. The van der Waals surface area contributed by atoms with Gasteiger partial charge in [-0.2, -0.15) is 5.10 Å². The maximum atomic E-state index is 12.4. The number of H-pyrrole nitrogens is 1. The molecule has 0 fully saturated rings. The molecule has 8 heteroatoms. The third-order valence-electron chi connectivity index (χ3n) is 3.17. The fourth-order valence-corrected chi connectivity index (χ4v) is 2.15. The lowest BCUT2D eigenvalue weighted by molar-refractivity contribution is 0.0278. The quantitative estimate of drug-likeness (QED) is 0.736. The average Bonchev–Trinajstić information content (AvgIpc) is 3.17. The van der Waals surface area contributed by atoms with Crippen molar-refractivity contribution in [2.45, 2.75) is 20.0 Å². The summed E-state index contributed by atoms with van der Waals surface area (Å²) in [4.78, 5) is 12.4. The Morgan fingerprint density at radius 2 is 2.04 bits per heavy atom. The molecule has 0 bridgehead atoms. The smallest absolute Gasteiger partial charge is 0.342 e. The zero-order chi connectivity index (χ0) is 16.4. The van der Waals surface area contributed by atoms with Gasteiger partial charge in [-0.25, -0.2) is 4.79 Å². The average molecular weight is 333 g/mol. The second-order valence-electron chi connectivity index (χ2n) is 4.87. The molecule has 0 saturated heterocycles. The van der Waals surface area contributed by atoms with Gasteiger partial charge in [0.1, 0.15) is 5.56 Å². The van der Waals surface area contributed by atoms with Gasteiger partial charge in [0.15, 0.2) is 6.10 Å². The van der Waals surface area contributed by atoms with Crippen LogP contribution in [0.5, 0.6) is 0 Å². The highest BCUT2D eigenvalue weighted by Gasteiger charge is 2.22. The molecular formula is C15H13ClN4O3. The van der Waals surface area contributed by atoms with Gasteiger partial charge >= 0.3 is 5.97 Å².